The SMILES string of the molecule is C[C@@H]1CNC[C@@H]1NC1CC1. The van der Waals surface area contributed by atoms with Crippen LogP contribution in [-0.4, -0.2) is 25.2 Å². The Morgan fingerprint density at radius 3 is 2.60 bits per heavy atom. The molecule has 1 saturated heterocycles. The zero-order valence-corrected chi connectivity index (χ0v) is 6.56. The van der Waals surface area contributed by atoms with Crippen molar-refractivity contribution in [1.29, 1.82) is 0 Å². The molecule has 0 unspecified atom stereocenters. The van der Waals surface area contributed by atoms with Crippen LogP contribution in [0.25, 0.3) is 0 Å². The van der Waals surface area contributed by atoms with Crippen LogP contribution in [-0.2, 0) is 0 Å². The zero-order chi connectivity index (χ0) is 6.97. The normalized spacial score (nSPS) is 40.5. The van der Waals surface area contributed by atoms with E-state index >= 15 is 0 Å². The fourth-order valence-corrected chi connectivity index (χ4v) is 1.59. The molecule has 2 rings (SSSR count). The van der Waals surface area contributed by atoms with Gasteiger partial charge in [-0.3, -0.25) is 0 Å². The molecule has 0 aromatic rings. The molecule has 10 heavy (non-hydrogen) atoms. The van der Waals surface area contributed by atoms with Gasteiger partial charge in [0.1, 0.15) is 0 Å². The summed E-state index contributed by atoms with van der Waals surface area (Å²) in [6.45, 7) is 4.70. The second-order valence-corrected chi connectivity index (χ2v) is 3.68. The Labute approximate surface area is 62.4 Å². The van der Waals surface area contributed by atoms with Crippen LogP contribution in [0.3, 0.4) is 0 Å². The summed E-state index contributed by atoms with van der Waals surface area (Å²) < 4.78 is 0. The van der Waals surface area contributed by atoms with E-state index in [0.29, 0.717) is 0 Å². The molecule has 2 atom stereocenters. The van der Waals surface area contributed by atoms with Crippen LogP contribution in [0, 0.1) is 5.92 Å². The molecule has 0 radical (unpaired) electrons. The van der Waals surface area contributed by atoms with Crippen LogP contribution < -0.4 is 10.6 Å². The first-order chi connectivity index (χ1) is 4.86. The van der Waals surface area contributed by atoms with Gasteiger partial charge in [0, 0.05) is 18.6 Å². The van der Waals surface area contributed by atoms with Crippen LogP contribution in [0.5, 0.6) is 0 Å². The first-order valence-electron chi connectivity index (χ1n) is 4.33. The molecule has 0 bridgehead atoms. The largest absolute Gasteiger partial charge is 0.315 e. The molecule has 0 spiro atoms. The summed E-state index contributed by atoms with van der Waals surface area (Å²) in [6.07, 6.45) is 2.81. The maximum Gasteiger partial charge on any atom is 0.0232 e. The molecule has 2 fully saturated rings. The summed E-state index contributed by atoms with van der Waals surface area (Å²) >= 11 is 0. The fraction of sp³-hybridized carbons (Fsp3) is 1.00. The van der Waals surface area contributed by atoms with E-state index < -0.39 is 0 Å². The lowest BCUT2D eigenvalue weighted by molar-refractivity contribution is 0.451. The van der Waals surface area contributed by atoms with Gasteiger partial charge in [0.2, 0.25) is 0 Å². The van der Waals surface area contributed by atoms with E-state index in [2.05, 4.69) is 17.6 Å². The van der Waals surface area contributed by atoms with Crippen LogP contribution in [0.15, 0.2) is 0 Å². The first-order valence-corrected chi connectivity index (χ1v) is 4.33. The van der Waals surface area contributed by atoms with E-state index in [1.54, 1.807) is 0 Å². The Hall–Kier alpha value is -0.0800. The van der Waals surface area contributed by atoms with E-state index in [4.69, 9.17) is 0 Å². The van der Waals surface area contributed by atoms with Gasteiger partial charge in [-0.2, -0.15) is 0 Å². The Bertz CT molecular complexity index is 120. The lowest BCUT2D eigenvalue weighted by Gasteiger charge is -2.14. The van der Waals surface area contributed by atoms with Crippen molar-refractivity contribution < 1.29 is 0 Å². The first kappa shape index (κ1) is 6.62. The molecule has 0 aromatic heterocycles. The van der Waals surface area contributed by atoms with Gasteiger partial charge in [0.15, 0.2) is 0 Å². The predicted molar refractivity (Wildman–Crippen MR) is 42.0 cm³/mol. The highest BCUT2D eigenvalue weighted by Gasteiger charge is 2.29. The predicted octanol–water partition coefficient (Wildman–Crippen LogP) is 0.346. The van der Waals surface area contributed by atoms with Crippen molar-refractivity contribution >= 4 is 0 Å². The Morgan fingerprint density at radius 1 is 1.30 bits per heavy atom. The van der Waals surface area contributed by atoms with E-state index in [0.717, 1.165) is 18.0 Å². The van der Waals surface area contributed by atoms with Gasteiger partial charge >= 0.3 is 0 Å². The van der Waals surface area contributed by atoms with Crippen molar-refractivity contribution in [2.45, 2.75) is 31.8 Å². The van der Waals surface area contributed by atoms with E-state index in [9.17, 15) is 0 Å². The van der Waals surface area contributed by atoms with Crippen molar-refractivity contribution in [3.63, 3.8) is 0 Å². The smallest absolute Gasteiger partial charge is 0.0232 e. The van der Waals surface area contributed by atoms with Crippen LogP contribution in [0.4, 0.5) is 0 Å². The summed E-state index contributed by atoms with van der Waals surface area (Å²) in [5, 5.41) is 7.03. The summed E-state index contributed by atoms with van der Waals surface area (Å²) in [5.74, 6) is 0.834. The fourth-order valence-electron chi connectivity index (χ4n) is 1.59. The molecule has 1 aliphatic carbocycles. The molecule has 2 N–H and O–H groups in total. The van der Waals surface area contributed by atoms with Crippen molar-refractivity contribution in [2.75, 3.05) is 13.1 Å². The van der Waals surface area contributed by atoms with Gasteiger partial charge in [-0.05, 0) is 25.3 Å². The van der Waals surface area contributed by atoms with Crippen molar-refractivity contribution in [1.82, 2.24) is 10.6 Å². The summed E-state index contributed by atoms with van der Waals surface area (Å²) in [4.78, 5) is 0. The van der Waals surface area contributed by atoms with Gasteiger partial charge < -0.3 is 10.6 Å². The topological polar surface area (TPSA) is 24.1 Å². The Balaban J connectivity index is 1.79. The molecule has 1 heterocycles. The number of hydrogen-bond donors (Lipinski definition) is 2. The molecule has 1 saturated carbocycles. The Morgan fingerprint density at radius 2 is 2.10 bits per heavy atom. The minimum absolute atomic E-state index is 0.757. The number of rotatable bonds is 2. The van der Waals surface area contributed by atoms with Crippen LogP contribution >= 0.6 is 0 Å². The minimum atomic E-state index is 0.757. The summed E-state index contributed by atoms with van der Waals surface area (Å²) in [7, 11) is 0. The molecular formula is C8H16N2. The lowest BCUT2D eigenvalue weighted by atomic mass is 10.1. The van der Waals surface area contributed by atoms with Gasteiger partial charge in [-0.15, -0.1) is 0 Å². The second kappa shape index (κ2) is 2.51. The maximum atomic E-state index is 3.64. The maximum absolute atomic E-state index is 3.64. The molecule has 2 nitrogen and oxygen atoms in total. The third kappa shape index (κ3) is 1.32. The highest BCUT2D eigenvalue weighted by molar-refractivity contribution is 4.91. The molecule has 0 aromatic carbocycles. The van der Waals surface area contributed by atoms with Crippen molar-refractivity contribution in [3.05, 3.63) is 0 Å². The molecule has 1 aliphatic heterocycles. The van der Waals surface area contributed by atoms with E-state index in [1.165, 1.54) is 25.9 Å². The Kier molecular flexibility index (Phi) is 1.66. The quantitative estimate of drug-likeness (QED) is 0.578. The third-order valence-corrected chi connectivity index (χ3v) is 2.54. The monoisotopic (exact) mass is 140 g/mol. The highest BCUT2D eigenvalue weighted by Crippen LogP contribution is 2.21. The summed E-state index contributed by atoms with van der Waals surface area (Å²) in [6, 6.07) is 1.62. The van der Waals surface area contributed by atoms with E-state index in [-0.39, 0.29) is 0 Å². The zero-order valence-electron chi connectivity index (χ0n) is 6.56. The minimum Gasteiger partial charge on any atom is -0.315 e. The van der Waals surface area contributed by atoms with Crippen molar-refractivity contribution in [3.8, 4) is 0 Å². The highest BCUT2D eigenvalue weighted by atomic mass is 15.1. The van der Waals surface area contributed by atoms with Gasteiger partial charge in [0.05, 0.1) is 0 Å². The molecule has 58 valence electrons. The van der Waals surface area contributed by atoms with Crippen LogP contribution in [0.1, 0.15) is 19.8 Å². The van der Waals surface area contributed by atoms with Gasteiger partial charge in [-0.1, -0.05) is 6.92 Å². The summed E-state index contributed by atoms with van der Waals surface area (Å²) in [5.41, 5.74) is 0. The lowest BCUT2D eigenvalue weighted by Crippen LogP contribution is -2.36. The molecule has 2 heteroatoms. The average Bonchev–Trinajstić information content (AvgIpc) is 2.62. The van der Waals surface area contributed by atoms with Gasteiger partial charge in [-0.25, -0.2) is 0 Å². The van der Waals surface area contributed by atoms with Gasteiger partial charge in [0.25, 0.3) is 0 Å². The number of nitrogens with one attached hydrogen (secondary N) is 2. The third-order valence-electron chi connectivity index (χ3n) is 2.54. The molecule has 0 amide bonds. The van der Waals surface area contributed by atoms with E-state index in [1.807, 2.05) is 0 Å². The average molecular weight is 140 g/mol. The molecular weight excluding hydrogens is 124 g/mol. The van der Waals surface area contributed by atoms with Crippen molar-refractivity contribution in [2.24, 2.45) is 5.92 Å². The molecule has 2 aliphatic rings. The number of hydrogen-bond acceptors (Lipinski definition) is 2. The van der Waals surface area contributed by atoms with Crippen LogP contribution in [0.2, 0.25) is 0 Å². The standard InChI is InChI=1S/C8H16N2/c1-6-4-9-5-8(6)10-7-2-3-7/h6-10H,2-5H2,1H3/t6-,8+/m1/s1. The second-order valence-electron chi connectivity index (χ2n) is 3.68.